The number of amides is 1. The molecule has 0 spiro atoms. The molecule has 6 heteroatoms. The van der Waals surface area contributed by atoms with Gasteiger partial charge in [-0.15, -0.1) is 0 Å². The summed E-state index contributed by atoms with van der Waals surface area (Å²) in [6.07, 6.45) is 8.72. The number of likely N-dealkylation sites (tertiary alicyclic amines) is 1. The third-order valence-electron chi connectivity index (χ3n) is 6.36. The number of nitrogens with zero attached hydrogens (tertiary/aromatic N) is 3. The maximum absolute atomic E-state index is 13.5. The highest BCUT2D eigenvalue weighted by Crippen LogP contribution is 2.46. The molecule has 5 rings (SSSR count). The number of rotatable bonds is 6. The Labute approximate surface area is 204 Å². The largest absolute Gasteiger partial charge is 0.322 e. The normalized spacial score (nSPS) is 20.8. The molecule has 0 aliphatic carbocycles. The van der Waals surface area contributed by atoms with Gasteiger partial charge in [0.2, 0.25) is 0 Å². The first kappa shape index (κ1) is 22.5. The molecule has 33 heavy (non-hydrogen) atoms. The maximum atomic E-state index is 13.5. The highest BCUT2D eigenvalue weighted by atomic mass is 35.5. The van der Waals surface area contributed by atoms with Gasteiger partial charge in [-0.05, 0) is 80.4 Å². The van der Waals surface area contributed by atoms with E-state index in [1.165, 1.54) is 32.4 Å². The molecule has 0 N–H and O–H groups in total. The summed E-state index contributed by atoms with van der Waals surface area (Å²) in [5.41, 5.74) is 2.98. The average Bonchev–Trinajstić information content (AvgIpc) is 3.15. The van der Waals surface area contributed by atoms with Crippen LogP contribution in [0.1, 0.15) is 42.2 Å². The Balaban J connectivity index is 1.38. The smallest absolute Gasteiger partial charge is 0.261 e. The molecule has 0 radical (unpaired) electrons. The molecule has 0 saturated carbocycles. The van der Waals surface area contributed by atoms with Crippen molar-refractivity contribution < 1.29 is 4.79 Å². The topological polar surface area (TPSA) is 36.4 Å². The molecule has 1 unspecified atom stereocenters. The summed E-state index contributed by atoms with van der Waals surface area (Å²) in [7, 11) is 0. The molecule has 3 heterocycles. The summed E-state index contributed by atoms with van der Waals surface area (Å²) in [6, 6.07) is 18.0. The van der Waals surface area contributed by atoms with E-state index in [-0.39, 0.29) is 11.3 Å². The number of para-hydroxylation sites is 1. The number of hydrogen-bond acceptors (Lipinski definition) is 4. The van der Waals surface area contributed by atoms with Gasteiger partial charge in [0.25, 0.3) is 5.91 Å². The van der Waals surface area contributed by atoms with Crippen molar-refractivity contribution in [3.8, 4) is 0 Å². The Bertz CT molecular complexity index is 1170. The van der Waals surface area contributed by atoms with Crippen LogP contribution in [0.4, 0.5) is 0 Å². The van der Waals surface area contributed by atoms with Gasteiger partial charge in [-0.25, -0.2) is 0 Å². The standard InChI is InChI=1S/C27H28ClN3OS/c28-23-10-6-9-22(18-23)27-31(15-7-14-30-12-4-1-5-13-30)26(32)25(33-27)17-20-16-21-8-2-3-11-24(21)29-19-20/h2-3,6,8-11,16-19,27H,1,4-5,7,12-15H2. The maximum Gasteiger partial charge on any atom is 0.261 e. The Morgan fingerprint density at radius 2 is 1.88 bits per heavy atom. The number of fused-ring (bicyclic) bond motifs is 1. The van der Waals surface area contributed by atoms with Crippen LogP contribution in [-0.4, -0.2) is 46.9 Å². The number of thioether (sulfide) groups is 1. The van der Waals surface area contributed by atoms with Crippen LogP contribution in [0.5, 0.6) is 0 Å². The third-order valence-corrected chi connectivity index (χ3v) is 7.89. The van der Waals surface area contributed by atoms with Crippen LogP contribution in [0.3, 0.4) is 0 Å². The Morgan fingerprint density at radius 1 is 1.03 bits per heavy atom. The molecule has 4 nitrogen and oxygen atoms in total. The van der Waals surface area contributed by atoms with E-state index in [1.54, 1.807) is 11.8 Å². The Hall–Kier alpha value is -2.34. The first-order valence-electron chi connectivity index (χ1n) is 11.7. The van der Waals surface area contributed by atoms with Crippen molar-refractivity contribution in [2.45, 2.75) is 31.1 Å². The zero-order chi connectivity index (χ0) is 22.6. The second-order valence-electron chi connectivity index (χ2n) is 8.75. The van der Waals surface area contributed by atoms with Gasteiger partial charge in [0.05, 0.1) is 10.4 Å². The van der Waals surface area contributed by atoms with Gasteiger partial charge in [0.1, 0.15) is 5.37 Å². The summed E-state index contributed by atoms with van der Waals surface area (Å²) in [4.78, 5) is 23.4. The lowest BCUT2D eigenvalue weighted by Crippen LogP contribution is -2.34. The molecule has 2 aliphatic rings. The summed E-state index contributed by atoms with van der Waals surface area (Å²) >= 11 is 7.91. The van der Waals surface area contributed by atoms with Crippen molar-refractivity contribution in [1.29, 1.82) is 0 Å². The molecule has 1 atom stereocenters. The number of pyridine rings is 1. The Morgan fingerprint density at radius 3 is 2.73 bits per heavy atom. The summed E-state index contributed by atoms with van der Waals surface area (Å²) in [5, 5.41) is 1.72. The van der Waals surface area contributed by atoms with Crippen LogP contribution in [0, 0.1) is 0 Å². The van der Waals surface area contributed by atoms with E-state index >= 15 is 0 Å². The molecule has 1 aromatic heterocycles. The SMILES string of the molecule is O=C1C(=Cc2cnc3ccccc3c2)SC(c2cccc(Cl)c2)N1CCCN1CCCCC1. The molecule has 2 aliphatic heterocycles. The van der Waals surface area contributed by atoms with Crippen LogP contribution in [0.2, 0.25) is 5.02 Å². The second-order valence-corrected chi connectivity index (χ2v) is 10.3. The molecule has 2 fully saturated rings. The van der Waals surface area contributed by atoms with E-state index in [2.05, 4.69) is 28.1 Å². The average molecular weight is 478 g/mol. The van der Waals surface area contributed by atoms with Gasteiger partial charge < -0.3 is 9.80 Å². The fourth-order valence-electron chi connectivity index (χ4n) is 4.67. The van der Waals surface area contributed by atoms with Crippen molar-refractivity contribution in [2.75, 3.05) is 26.2 Å². The van der Waals surface area contributed by atoms with E-state index in [9.17, 15) is 4.79 Å². The summed E-state index contributed by atoms with van der Waals surface area (Å²) < 4.78 is 0. The van der Waals surface area contributed by atoms with Gasteiger partial charge in [-0.2, -0.15) is 0 Å². The lowest BCUT2D eigenvalue weighted by atomic mass is 10.1. The van der Waals surface area contributed by atoms with Crippen molar-refractivity contribution in [2.24, 2.45) is 0 Å². The predicted molar refractivity (Wildman–Crippen MR) is 138 cm³/mol. The zero-order valence-corrected chi connectivity index (χ0v) is 20.2. The first-order valence-corrected chi connectivity index (χ1v) is 12.9. The minimum atomic E-state index is -0.0581. The van der Waals surface area contributed by atoms with Crippen LogP contribution in [-0.2, 0) is 4.79 Å². The van der Waals surface area contributed by atoms with Gasteiger partial charge in [-0.1, -0.05) is 60.1 Å². The van der Waals surface area contributed by atoms with Gasteiger partial charge >= 0.3 is 0 Å². The number of carbonyl (C=O) groups excluding carboxylic acids is 1. The number of benzene rings is 2. The number of aromatic nitrogens is 1. The lowest BCUT2D eigenvalue weighted by Gasteiger charge is -2.28. The molecule has 0 bridgehead atoms. The second kappa shape index (κ2) is 10.3. The fourth-order valence-corrected chi connectivity index (χ4v) is 6.14. The zero-order valence-electron chi connectivity index (χ0n) is 18.6. The van der Waals surface area contributed by atoms with Crippen LogP contribution < -0.4 is 0 Å². The number of piperidine rings is 1. The van der Waals surface area contributed by atoms with Gasteiger partial charge in [0, 0.05) is 23.2 Å². The molecular weight excluding hydrogens is 450 g/mol. The van der Waals surface area contributed by atoms with Crippen LogP contribution in [0.25, 0.3) is 17.0 Å². The van der Waals surface area contributed by atoms with Crippen molar-refractivity contribution in [3.05, 3.63) is 81.8 Å². The highest BCUT2D eigenvalue weighted by molar-refractivity contribution is 8.04. The van der Waals surface area contributed by atoms with Crippen molar-refractivity contribution in [3.63, 3.8) is 0 Å². The molecule has 2 aromatic carbocycles. The molecule has 170 valence electrons. The predicted octanol–water partition coefficient (Wildman–Crippen LogP) is 6.38. The van der Waals surface area contributed by atoms with Gasteiger partial charge in [-0.3, -0.25) is 9.78 Å². The van der Waals surface area contributed by atoms with Gasteiger partial charge in [0.15, 0.2) is 0 Å². The minimum absolute atomic E-state index is 0.0581. The van der Waals surface area contributed by atoms with Crippen LogP contribution in [0.15, 0.2) is 65.7 Å². The number of halogens is 1. The minimum Gasteiger partial charge on any atom is -0.322 e. The van der Waals surface area contributed by atoms with Crippen molar-refractivity contribution >= 4 is 46.2 Å². The fraction of sp³-hybridized carbons (Fsp3) is 0.333. The van der Waals surface area contributed by atoms with Crippen molar-refractivity contribution in [1.82, 2.24) is 14.8 Å². The first-order chi connectivity index (χ1) is 16.2. The highest BCUT2D eigenvalue weighted by Gasteiger charge is 2.37. The van der Waals surface area contributed by atoms with E-state index in [4.69, 9.17) is 11.6 Å². The molecule has 1 amide bonds. The third kappa shape index (κ3) is 5.26. The monoisotopic (exact) mass is 477 g/mol. The lowest BCUT2D eigenvalue weighted by molar-refractivity contribution is -0.126. The summed E-state index contributed by atoms with van der Waals surface area (Å²) in [5.74, 6) is 0.0942. The van der Waals surface area contributed by atoms with E-state index in [1.807, 2.05) is 53.6 Å². The van der Waals surface area contributed by atoms with E-state index in [0.717, 1.165) is 46.4 Å². The van der Waals surface area contributed by atoms with Crippen LogP contribution >= 0.6 is 23.4 Å². The summed E-state index contributed by atoms with van der Waals surface area (Å²) in [6.45, 7) is 4.15. The molecule has 2 saturated heterocycles. The molecular formula is C27H28ClN3OS. The number of carbonyl (C=O) groups is 1. The quantitative estimate of drug-likeness (QED) is 0.386. The molecule has 3 aromatic rings. The Kier molecular flexibility index (Phi) is 7.00. The number of hydrogen-bond donors (Lipinski definition) is 0. The van der Waals surface area contributed by atoms with E-state index < -0.39 is 0 Å². The van der Waals surface area contributed by atoms with E-state index in [0.29, 0.717) is 5.02 Å².